The highest BCUT2D eigenvalue weighted by atomic mass is 32.1. The lowest BCUT2D eigenvalue weighted by atomic mass is 9.94. The first-order valence-electron chi connectivity index (χ1n) is 6.44. The molecule has 0 aliphatic carbocycles. The molecule has 1 aromatic carbocycles. The van der Waals surface area contributed by atoms with Gasteiger partial charge in [-0.3, -0.25) is 9.78 Å². The molecular weight excluding hydrogens is 289 g/mol. The molecule has 0 fully saturated rings. The normalized spacial score (nSPS) is 12.4. The van der Waals surface area contributed by atoms with Crippen molar-refractivity contribution in [2.75, 3.05) is 0 Å². The molecule has 2 heterocycles. The third-order valence-electron chi connectivity index (χ3n) is 3.37. The Labute approximate surface area is 124 Å². The van der Waals surface area contributed by atoms with E-state index in [0.29, 0.717) is 11.3 Å². The van der Waals surface area contributed by atoms with Crippen molar-refractivity contribution in [2.45, 2.75) is 12.3 Å². The number of thiophene rings is 1. The standard InChI is InChI=1S/C16H12FNO2S/c17-11-3-1-2-10(8-11)9-13(16(19)20)15-12-5-7-21-14(12)4-6-18-15/h1-8,13H,9H2,(H,19,20). The largest absolute Gasteiger partial charge is 0.481 e. The molecule has 106 valence electrons. The van der Waals surface area contributed by atoms with Crippen LogP contribution in [-0.4, -0.2) is 16.1 Å². The van der Waals surface area contributed by atoms with E-state index in [0.717, 1.165) is 10.1 Å². The molecule has 0 spiro atoms. The molecule has 3 aromatic rings. The third kappa shape index (κ3) is 2.78. The number of hydrogen-bond acceptors (Lipinski definition) is 3. The van der Waals surface area contributed by atoms with E-state index < -0.39 is 11.9 Å². The lowest BCUT2D eigenvalue weighted by molar-refractivity contribution is -0.138. The van der Waals surface area contributed by atoms with Crippen molar-refractivity contribution >= 4 is 27.4 Å². The monoisotopic (exact) mass is 301 g/mol. The second-order valence-electron chi connectivity index (χ2n) is 4.75. The molecule has 1 unspecified atom stereocenters. The predicted molar refractivity (Wildman–Crippen MR) is 80.1 cm³/mol. The molecule has 2 aromatic heterocycles. The van der Waals surface area contributed by atoms with Gasteiger partial charge >= 0.3 is 5.97 Å². The summed E-state index contributed by atoms with van der Waals surface area (Å²) < 4.78 is 14.3. The molecule has 0 bridgehead atoms. The van der Waals surface area contributed by atoms with Crippen LogP contribution in [0.2, 0.25) is 0 Å². The minimum absolute atomic E-state index is 0.217. The lowest BCUT2D eigenvalue weighted by Gasteiger charge is -2.13. The summed E-state index contributed by atoms with van der Waals surface area (Å²) in [4.78, 5) is 15.9. The topological polar surface area (TPSA) is 50.2 Å². The molecular formula is C16H12FNO2S. The van der Waals surface area contributed by atoms with E-state index in [9.17, 15) is 14.3 Å². The fourth-order valence-electron chi connectivity index (χ4n) is 2.39. The molecule has 21 heavy (non-hydrogen) atoms. The van der Waals surface area contributed by atoms with Crippen LogP contribution in [0.3, 0.4) is 0 Å². The fourth-order valence-corrected chi connectivity index (χ4v) is 3.18. The minimum atomic E-state index is -0.953. The minimum Gasteiger partial charge on any atom is -0.481 e. The molecule has 0 saturated heterocycles. The summed E-state index contributed by atoms with van der Waals surface area (Å²) in [7, 11) is 0. The van der Waals surface area contributed by atoms with Crippen molar-refractivity contribution in [1.82, 2.24) is 4.98 Å². The summed E-state index contributed by atoms with van der Waals surface area (Å²) in [5.74, 6) is -2.10. The van der Waals surface area contributed by atoms with Gasteiger partial charge in [0.25, 0.3) is 0 Å². The van der Waals surface area contributed by atoms with E-state index in [1.54, 1.807) is 29.7 Å². The molecule has 5 heteroatoms. The van der Waals surface area contributed by atoms with Gasteiger partial charge in [-0.15, -0.1) is 11.3 Å². The van der Waals surface area contributed by atoms with Gasteiger partial charge in [0.05, 0.1) is 5.69 Å². The maximum atomic E-state index is 13.3. The van der Waals surface area contributed by atoms with Gasteiger partial charge in [0.15, 0.2) is 0 Å². The first-order valence-corrected chi connectivity index (χ1v) is 7.32. The quantitative estimate of drug-likeness (QED) is 0.796. The van der Waals surface area contributed by atoms with Crippen LogP contribution in [0.15, 0.2) is 48.0 Å². The number of halogens is 1. The van der Waals surface area contributed by atoms with E-state index in [4.69, 9.17) is 0 Å². The van der Waals surface area contributed by atoms with Crippen LogP contribution in [-0.2, 0) is 11.2 Å². The highest BCUT2D eigenvalue weighted by Crippen LogP contribution is 2.29. The maximum Gasteiger partial charge on any atom is 0.312 e. The number of hydrogen-bond donors (Lipinski definition) is 1. The van der Waals surface area contributed by atoms with Gasteiger partial charge in [0, 0.05) is 16.3 Å². The summed E-state index contributed by atoms with van der Waals surface area (Å²) in [5.41, 5.74) is 1.18. The zero-order chi connectivity index (χ0) is 14.8. The number of aromatic nitrogens is 1. The number of aliphatic carboxylic acids is 1. The number of rotatable bonds is 4. The number of pyridine rings is 1. The number of benzene rings is 1. The van der Waals surface area contributed by atoms with E-state index >= 15 is 0 Å². The number of fused-ring (bicyclic) bond motifs is 1. The Kier molecular flexibility index (Phi) is 3.66. The molecule has 3 rings (SSSR count). The number of nitrogens with zero attached hydrogens (tertiary/aromatic N) is 1. The van der Waals surface area contributed by atoms with Crippen LogP contribution in [0.4, 0.5) is 4.39 Å². The van der Waals surface area contributed by atoms with Crippen molar-refractivity contribution in [3.63, 3.8) is 0 Å². The summed E-state index contributed by atoms with van der Waals surface area (Å²) in [5, 5.41) is 12.3. The van der Waals surface area contributed by atoms with Crippen LogP contribution in [0.25, 0.3) is 10.1 Å². The predicted octanol–water partition coefficient (Wildman–Crippen LogP) is 3.85. The van der Waals surface area contributed by atoms with Gasteiger partial charge < -0.3 is 5.11 Å². The second-order valence-corrected chi connectivity index (χ2v) is 5.70. The average molecular weight is 301 g/mol. The Bertz CT molecular complexity index is 800. The number of carboxylic acids is 1. The van der Waals surface area contributed by atoms with E-state index in [-0.39, 0.29) is 12.2 Å². The van der Waals surface area contributed by atoms with E-state index in [1.165, 1.54) is 12.1 Å². The maximum absolute atomic E-state index is 13.3. The smallest absolute Gasteiger partial charge is 0.312 e. The highest BCUT2D eigenvalue weighted by Gasteiger charge is 2.24. The van der Waals surface area contributed by atoms with Crippen molar-refractivity contribution < 1.29 is 14.3 Å². The van der Waals surface area contributed by atoms with Gasteiger partial charge in [-0.05, 0) is 41.6 Å². The Morgan fingerprint density at radius 1 is 1.33 bits per heavy atom. The molecule has 0 aliphatic rings. The third-order valence-corrected chi connectivity index (χ3v) is 4.25. The van der Waals surface area contributed by atoms with Gasteiger partial charge in [0.1, 0.15) is 11.7 Å². The highest BCUT2D eigenvalue weighted by molar-refractivity contribution is 7.17. The summed E-state index contributed by atoms with van der Waals surface area (Å²) in [6, 6.07) is 9.77. The molecule has 0 aliphatic heterocycles. The SMILES string of the molecule is O=C(O)C(Cc1cccc(F)c1)c1nccc2sccc12. The molecule has 0 radical (unpaired) electrons. The van der Waals surface area contributed by atoms with Crippen molar-refractivity contribution in [1.29, 1.82) is 0 Å². The van der Waals surface area contributed by atoms with Gasteiger partial charge in [-0.1, -0.05) is 12.1 Å². The second kappa shape index (κ2) is 5.61. The van der Waals surface area contributed by atoms with Crippen LogP contribution in [0, 0.1) is 5.82 Å². The van der Waals surface area contributed by atoms with Crippen LogP contribution in [0.1, 0.15) is 17.2 Å². The summed E-state index contributed by atoms with van der Waals surface area (Å²) in [6.07, 6.45) is 1.84. The molecule has 0 amide bonds. The fraction of sp³-hybridized carbons (Fsp3) is 0.125. The first-order chi connectivity index (χ1) is 10.1. The van der Waals surface area contributed by atoms with Crippen molar-refractivity contribution in [3.8, 4) is 0 Å². The molecule has 0 saturated carbocycles. The van der Waals surface area contributed by atoms with E-state index in [1.807, 2.05) is 17.5 Å². The van der Waals surface area contributed by atoms with Crippen LogP contribution >= 0.6 is 11.3 Å². The Hall–Kier alpha value is -2.27. The lowest BCUT2D eigenvalue weighted by Crippen LogP contribution is -2.16. The number of carbonyl (C=O) groups is 1. The van der Waals surface area contributed by atoms with Gasteiger partial charge in [0.2, 0.25) is 0 Å². The van der Waals surface area contributed by atoms with Crippen LogP contribution < -0.4 is 0 Å². The average Bonchev–Trinajstić information content (AvgIpc) is 2.93. The zero-order valence-electron chi connectivity index (χ0n) is 11.0. The molecule has 1 N–H and O–H groups in total. The summed E-state index contributed by atoms with van der Waals surface area (Å²) >= 11 is 1.55. The van der Waals surface area contributed by atoms with Crippen molar-refractivity contribution in [3.05, 3.63) is 65.0 Å². The summed E-state index contributed by atoms with van der Waals surface area (Å²) in [6.45, 7) is 0. The zero-order valence-corrected chi connectivity index (χ0v) is 11.8. The Morgan fingerprint density at radius 3 is 2.95 bits per heavy atom. The van der Waals surface area contributed by atoms with Gasteiger partial charge in [-0.2, -0.15) is 0 Å². The van der Waals surface area contributed by atoms with Crippen LogP contribution in [0.5, 0.6) is 0 Å². The Morgan fingerprint density at radius 2 is 2.19 bits per heavy atom. The molecule has 1 atom stereocenters. The molecule has 3 nitrogen and oxygen atoms in total. The van der Waals surface area contributed by atoms with Crippen molar-refractivity contribution in [2.24, 2.45) is 0 Å². The van der Waals surface area contributed by atoms with E-state index in [2.05, 4.69) is 4.98 Å². The number of carboxylic acid groups (broad SMARTS) is 1. The van der Waals surface area contributed by atoms with Gasteiger partial charge in [-0.25, -0.2) is 4.39 Å². The Balaban J connectivity index is 2.02. The first kappa shape index (κ1) is 13.7.